The predicted octanol–water partition coefficient (Wildman–Crippen LogP) is 1.56. The molecule has 0 aliphatic heterocycles. The summed E-state index contributed by atoms with van der Waals surface area (Å²) < 4.78 is 9.30. The quantitative estimate of drug-likeness (QED) is 0.350. The van der Waals surface area contributed by atoms with Gasteiger partial charge in [-0.3, -0.25) is 24.5 Å². The zero-order chi connectivity index (χ0) is 20.1. The number of nitrogens with zero attached hydrogens (tertiary/aromatic N) is 1. The number of non-ortho nitro benzene ring substituents is 1. The van der Waals surface area contributed by atoms with Gasteiger partial charge in [0.1, 0.15) is 0 Å². The molecule has 1 aromatic carbocycles. The van der Waals surface area contributed by atoms with E-state index in [1.165, 1.54) is 24.3 Å². The lowest BCUT2D eigenvalue weighted by Gasteiger charge is -2.28. The molecule has 1 unspecified atom stereocenters. The summed E-state index contributed by atoms with van der Waals surface area (Å²) in [6, 6.07) is 5.03. The number of nitrogens with one attached hydrogen (secondary N) is 1. The molecule has 9 heteroatoms. The molecule has 1 aromatic rings. The Labute approximate surface area is 150 Å². The number of esters is 2. The average molecular weight is 366 g/mol. The fraction of sp³-hybridized carbons (Fsp3) is 0.471. The zero-order valence-corrected chi connectivity index (χ0v) is 15.3. The van der Waals surface area contributed by atoms with Crippen molar-refractivity contribution in [2.24, 2.45) is 5.92 Å². The van der Waals surface area contributed by atoms with Gasteiger partial charge >= 0.3 is 11.9 Å². The molecule has 0 radical (unpaired) electrons. The third-order valence-corrected chi connectivity index (χ3v) is 3.49. The highest BCUT2D eigenvalue weighted by atomic mass is 16.6. The van der Waals surface area contributed by atoms with Gasteiger partial charge in [0.25, 0.3) is 5.69 Å². The van der Waals surface area contributed by atoms with Crippen LogP contribution >= 0.6 is 0 Å². The first-order chi connectivity index (χ1) is 12.0. The Morgan fingerprint density at radius 3 is 1.85 bits per heavy atom. The molecular weight excluding hydrogens is 344 g/mol. The van der Waals surface area contributed by atoms with Gasteiger partial charge in [-0.1, -0.05) is 12.1 Å². The van der Waals surface area contributed by atoms with Crippen LogP contribution in [0.5, 0.6) is 0 Å². The van der Waals surface area contributed by atoms with Crippen molar-refractivity contribution in [1.82, 2.24) is 5.32 Å². The van der Waals surface area contributed by atoms with Gasteiger partial charge in [0.2, 0.25) is 5.91 Å². The molecule has 0 fully saturated rings. The predicted molar refractivity (Wildman–Crippen MR) is 91.3 cm³/mol. The Bertz CT molecular complexity index is 676. The summed E-state index contributed by atoms with van der Waals surface area (Å²) in [7, 11) is 2.18. The molecule has 0 aromatic heterocycles. The maximum atomic E-state index is 12.8. The fourth-order valence-electron chi connectivity index (χ4n) is 2.37. The van der Waals surface area contributed by atoms with Crippen LogP contribution < -0.4 is 5.32 Å². The van der Waals surface area contributed by atoms with E-state index in [0.29, 0.717) is 0 Å². The van der Waals surface area contributed by atoms with Crippen molar-refractivity contribution in [3.05, 3.63) is 39.9 Å². The van der Waals surface area contributed by atoms with Gasteiger partial charge in [-0.25, -0.2) is 0 Å². The Balaban J connectivity index is 3.44. The molecule has 1 rings (SSSR count). The van der Waals surface area contributed by atoms with Crippen molar-refractivity contribution in [2.75, 3.05) is 14.2 Å². The third-order valence-electron chi connectivity index (χ3n) is 3.49. The molecule has 1 N–H and O–H groups in total. The van der Waals surface area contributed by atoms with Crippen molar-refractivity contribution < 1.29 is 28.8 Å². The Morgan fingerprint density at radius 1 is 1.04 bits per heavy atom. The largest absolute Gasteiger partial charge is 0.468 e. The fourth-order valence-corrected chi connectivity index (χ4v) is 2.37. The first-order valence-electron chi connectivity index (χ1n) is 7.74. The number of benzene rings is 1. The Hall–Kier alpha value is -2.97. The number of nitro benzene ring substituents is 1. The number of carbonyl (C=O) groups is 3. The molecule has 0 spiro atoms. The number of carbonyl (C=O) groups excluding carboxylic acids is 3. The van der Waals surface area contributed by atoms with E-state index in [2.05, 4.69) is 14.8 Å². The number of ether oxygens (including phenoxy) is 2. The van der Waals surface area contributed by atoms with Crippen LogP contribution in [0.15, 0.2) is 24.3 Å². The molecule has 1 amide bonds. The maximum absolute atomic E-state index is 12.8. The molecule has 9 nitrogen and oxygen atoms in total. The van der Waals surface area contributed by atoms with E-state index in [1.807, 2.05) is 0 Å². The Morgan fingerprint density at radius 2 is 1.50 bits per heavy atom. The minimum Gasteiger partial charge on any atom is -0.468 e. The van der Waals surface area contributed by atoms with Gasteiger partial charge in [-0.05, 0) is 26.3 Å². The monoisotopic (exact) mass is 366 g/mol. The van der Waals surface area contributed by atoms with E-state index < -0.39 is 40.1 Å². The first kappa shape index (κ1) is 21.1. The summed E-state index contributed by atoms with van der Waals surface area (Å²) in [4.78, 5) is 47.4. The zero-order valence-electron chi connectivity index (χ0n) is 15.3. The van der Waals surface area contributed by atoms with Gasteiger partial charge < -0.3 is 14.8 Å². The van der Waals surface area contributed by atoms with E-state index >= 15 is 0 Å². The van der Waals surface area contributed by atoms with Crippen LogP contribution in [0, 0.1) is 16.0 Å². The number of nitro groups is 1. The summed E-state index contributed by atoms with van der Waals surface area (Å²) in [6.45, 7) is 5.22. The maximum Gasteiger partial charge on any atom is 0.321 e. The lowest BCUT2D eigenvalue weighted by Crippen LogP contribution is -2.47. The number of amides is 1. The lowest BCUT2D eigenvalue weighted by molar-refractivity contribution is -0.384. The second-order valence-corrected chi connectivity index (χ2v) is 6.59. The third kappa shape index (κ3) is 5.27. The van der Waals surface area contributed by atoms with Crippen molar-refractivity contribution >= 4 is 23.5 Å². The molecule has 0 saturated carbocycles. The smallest absolute Gasteiger partial charge is 0.321 e. The number of rotatable bonds is 6. The number of methoxy groups -OCH3 is 2. The summed E-state index contributed by atoms with van der Waals surface area (Å²) in [6.07, 6.45) is 0. The van der Waals surface area contributed by atoms with Gasteiger partial charge in [0, 0.05) is 17.7 Å². The summed E-state index contributed by atoms with van der Waals surface area (Å²) >= 11 is 0. The van der Waals surface area contributed by atoms with Gasteiger partial charge in [-0.2, -0.15) is 0 Å². The van der Waals surface area contributed by atoms with E-state index in [4.69, 9.17) is 0 Å². The lowest BCUT2D eigenvalue weighted by atomic mass is 9.84. The highest BCUT2D eigenvalue weighted by molar-refractivity contribution is 6.02. The van der Waals surface area contributed by atoms with Crippen LogP contribution in [0.25, 0.3) is 0 Å². The number of hydrogen-bond acceptors (Lipinski definition) is 7. The number of hydrogen-bond donors (Lipinski definition) is 1. The van der Waals surface area contributed by atoms with E-state index in [-0.39, 0.29) is 11.3 Å². The summed E-state index contributed by atoms with van der Waals surface area (Å²) in [5.74, 6) is -5.30. The van der Waals surface area contributed by atoms with Crippen LogP contribution in [-0.4, -0.2) is 42.5 Å². The molecule has 1 atom stereocenters. The second-order valence-electron chi connectivity index (χ2n) is 6.59. The van der Waals surface area contributed by atoms with Gasteiger partial charge in [0.15, 0.2) is 5.92 Å². The highest BCUT2D eigenvalue weighted by Crippen LogP contribution is 2.29. The van der Waals surface area contributed by atoms with Crippen molar-refractivity contribution in [2.45, 2.75) is 32.2 Å². The summed E-state index contributed by atoms with van der Waals surface area (Å²) in [5, 5.41) is 13.5. The van der Waals surface area contributed by atoms with E-state index in [9.17, 15) is 24.5 Å². The minimum atomic E-state index is -1.55. The Kier molecular flexibility index (Phi) is 6.82. The van der Waals surface area contributed by atoms with Crippen LogP contribution in [-0.2, 0) is 23.9 Å². The molecule has 0 aliphatic rings. The van der Waals surface area contributed by atoms with Crippen LogP contribution in [0.1, 0.15) is 32.3 Å². The molecule has 26 heavy (non-hydrogen) atoms. The first-order valence-corrected chi connectivity index (χ1v) is 7.74. The second kappa shape index (κ2) is 8.41. The van der Waals surface area contributed by atoms with Crippen molar-refractivity contribution in [1.29, 1.82) is 0 Å². The standard InChI is InChI=1S/C17H22N2O7/c1-17(2,3)18-14(20)12(13(15(21)25-4)16(22)26-5)10-6-8-11(9-7-10)19(23)24/h6-9,12-13H,1-5H3,(H,18,20). The topological polar surface area (TPSA) is 125 Å². The van der Waals surface area contributed by atoms with Crippen LogP contribution in [0.4, 0.5) is 5.69 Å². The summed E-state index contributed by atoms with van der Waals surface area (Å²) in [5.41, 5.74) is -0.568. The van der Waals surface area contributed by atoms with E-state index in [1.54, 1.807) is 20.8 Å². The van der Waals surface area contributed by atoms with Crippen molar-refractivity contribution in [3.8, 4) is 0 Å². The minimum absolute atomic E-state index is 0.184. The molecule has 0 aliphatic carbocycles. The van der Waals surface area contributed by atoms with Crippen LogP contribution in [0.2, 0.25) is 0 Å². The van der Waals surface area contributed by atoms with Crippen molar-refractivity contribution in [3.63, 3.8) is 0 Å². The molecule has 0 heterocycles. The molecule has 142 valence electrons. The van der Waals surface area contributed by atoms with Crippen LogP contribution in [0.3, 0.4) is 0 Å². The van der Waals surface area contributed by atoms with Gasteiger partial charge in [0.05, 0.1) is 25.1 Å². The molecule has 0 saturated heterocycles. The normalized spacial score (nSPS) is 12.2. The molecular formula is C17H22N2O7. The highest BCUT2D eigenvalue weighted by Gasteiger charge is 2.43. The molecule has 0 bridgehead atoms. The van der Waals surface area contributed by atoms with E-state index in [0.717, 1.165) is 14.2 Å². The van der Waals surface area contributed by atoms with Gasteiger partial charge in [-0.15, -0.1) is 0 Å². The average Bonchev–Trinajstić information content (AvgIpc) is 2.56. The SMILES string of the molecule is COC(=O)C(C(=O)OC)C(C(=O)NC(C)(C)C)c1ccc([N+](=O)[O-])cc1.